The molecule has 10 heteroatoms. The molecule has 0 saturated heterocycles. The molecule has 1 aromatic carbocycles. The number of hydrogen-bond acceptors (Lipinski definition) is 4. The molecule has 0 unspecified atom stereocenters. The lowest BCUT2D eigenvalue weighted by molar-refractivity contribution is -0.137. The minimum absolute atomic E-state index is 0.212. The van der Waals surface area contributed by atoms with Crippen molar-refractivity contribution in [2.45, 2.75) is 6.18 Å². The molecule has 136 valence electrons. The van der Waals surface area contributed by atoms with Crippen molar-refractivity contribution in [1.29, 1.82) is 0 Å². The Labute approximate surface area is 155 Å². The molecule has 2 aromatic heterocycles. The lowest BCUT2D eigenvalue weighted by Gasteiger charge is -2.10. The van der Waals surface area contributed by atoms with Crippen molar-refractivity contribution in [3.8, 4) is 11.1 Å². The van der Waals surface area contributed by atoms with Crippen LogP contribution < -0.4 is 5.56 Å². The topological polar surface area (TPSA) is 50.5 Å². The smallest absolute Gasteiger partial charge is 0.367 e. The number of aromatic nitrogens is 2. The highest BCUT2D eigenvalue weighted by atomic mass is 35.5. The highest BCUT2D eigenvalue weighted by Gasteiger charge is 2.33. The van der Waals surface area contributed by atoms with Crippen LogP contribution in [0, 0.1) is 0 Å². The van der Waals surface area contributed by atoms with Crippen molar-refractivity contribution in [2.24, 2.45) is 5.10 Å². The maximum atomic E-state index is 13.1. The molecule has 0 fully saturated rings. The Morgan fingerprint density at radius 3 is 2.73 bits per heavy atom. The Hall–Kier alpha value is -2.39. The number of rotatable bonds is 3. The van der Waals surface area contributed by atoms with Crippen LogP contribution in [0.2, 0.25) is 5.02 Å². The van der Waals surface area contributed by atoms with E-state index in [1.165, 1.54) is 36.1 Å². The summed E-state index contributed by atoms with van der Waals surface area (Å²) in [5, 5.41) is 5.40. The SMILES string of the molecule is CN(C)/C=N/n1cnc2scc(-c3ccc(Cl)c(C(F)(F)F)c3)c2c1=O. The third-order valence-corrected chi connectivity index (χ3v) is 4.68. The molecule has 0 amide bonds. The fraction of sp³-hybridized carbons (Fsp3) is 0.188. The van der Waals surface area contributed by atoms with Crippen molar-refractivity contribution in [3.05, 3.63) is 50.8 Å². The number of alkyl halides is 3. The van der Waals surface area contributed by atoms with Crippen molar-refractivity contribution < 1.29 is 13.2 Å². The van der Waals surface area contributed by atoms with E-state index in [-0.39, 0.29) is 10.9 Å². The van der Waals surface area contributed by atoms with E-state index in [0.29, 0.717) is 10.4 Å². The predicted molar refractivity (Wildman–Crippen MR) is 96.9 cm³/mol. The van der Waals surface area contributed by atoms with Crippen LogP contribution in [0.15, 0.2) is 39.8 Å². The standard InChI is InChI=1S/C16H12ClF3N4OS/c1-23(2)8-22-24-7-21-14-13(15(24)25)10(6-26-14)9-3-4-12(17)11(5-9)16(18,19)20/h3-8H,1-2H3/b22-8+. The molecule has 26 heavy (non-hydrogen) atoms. The summed E-state index contributed by atoms with van der Waals surface area (Å²) >= 11 is 6.84. The zero-order chi connectivity index (χ0) is 19.1. The molecule has 0 radical (unpaired) electrons. The van der Waals surface area contributed by atoms with Gasteiger partial charge in [0.25, 0.3) is 5.56 Å². The van der Waals surface area contributed by atoms with Gasteiger partial charge in [-0.1, -0.05) is 17.7 Å². The first-order chi connectivity index (χ1) is 12.2. The largest absolute Gasteiger partial charge is 0.417 e. The van der Waals surface area contributed by atoms with Gasteiger partial charge in [-0.3, -0.25) is 4.79 Å². The van der Waals surface area contributed by atoms with Gasteiger partial charge < -0.3 is 4.90 Å². The Morgan fingerprint density at radius 1 is 1.35 bits per heavy atom. The van der Waals surface area contributed by atoms with Crippen LogP contribution in [-0.2, 0) is 6.18 Å². The monoisotopic (exact) mass is 400 g/mol. The number of fused-ring (bicyclic) bond motifs is 1. The second kappa shape index (κ2) is 6.73. The van der Waals surface area contributed by atoms with Gasteiger partial charge in [-0.2, -0.15) is 22.9 Å². The van der Waals surface area contributed by atoms with E-state index in [1.807, 2.05) is 0 Å². The van der Waals surface area contributed by atoms with Gasteiger partial charge in [0.1, 0.15) is 17.5 Å². The van der Waals surface area contributed by atoms with Crippen LogP contribution in [0.4, 0.5) is 13.2 Å². The van der Waals surface area contributed by atoms with E-state index in [9.17, 15) is 18.0 Å². The Balaban J connectivity index is 2.21. The molecule has 0 aliphatic heterocycles. The quantitative estimate of drug-likeness (QED) is 0.490. The first kappa shape index (κ1) is 18.4. The number of halogens is 4. The summed E-state index contributed by atoms with van der Waals surface area (Å²) in [5.74, 6) is 0. The summed E-state index contributed by atoms with van der Waals surface area (Å²) in [6, 6.07) is 3.55. The molecular weight excluding hydrogens is 389 g/mol. The van der Waals surface area contributed by atoms with Crippen LogP contribution in [0.5, 0.6) is 0 Å². The number of hydrogen-bond donors (Lipinski definition) is 0. The van der Waals surface area contributed by atoms with Gasteiger partial charge in [-0.15, -0.1) is 11.3 Å². The van der Waals surface area contributed by atoms with Crippen LogP contribution in [0.25, 0.3) is 21.3 Å². The Kier molecular flexibility index (Phi) is 4.76. The molecule has 0 bridgehead atoms. The van der Waals surface area contributed by atoms with E-state index < -0.39 is 22.3 Å². The van der Waals surface area contributed by atoms with Crippen LogP contribution >= 0.6 is 22.9 Å². The minimum Gasteiger partial charge on any atom is -0.367 e. The molecule has 0 atom stereocenters. The molecule has 0 aliphatic carbocycles. The first-order valence-electron chi connectivity index (χ1n) is 7.25. The molecule has 3 aromatic rings. The summed E-state index contributed by atoms with van der Waals surface area (Å²) in [4.78, 5) is 18.9. The molecule has 2 heterocycles. The third-order valence-electron chi connectivity index (χ3n) is 3.47. The molecule has 3 rings (SSSR count). The fourth-order valence-electron chi connectivity index (χ4n) is 2.29. The molecule has 0 aliphatic rings. The average Bonchev–Trinajstić information content (AvgIpc) is 2.98. The van der Waals surface area contributed by atoms with Gasteiger partial charge in [0.05, 0.1) is 16.0 Å². The number of benzene rings is 1. The number of thiophene rings is 1. The lowest BCUT2D eigenvalue weighted by atomic mass is 10.0. The van der Waals surface area contributed by atoms with Gasteiger partial charge in [0.2, 0.25) is 0 Å². The zero-order valence-corrected chi connectivity index (χ0v) is 15.2. The van der Waals surface area contributed by atoms with Gasteiger partial charge in [0, 0.05) is 25.0 Å². The summed E-state index contributed by atoms with van der Waals surface area (Å²) in [6.07, 6.45) is -1.90. The Bertz CT molecular complexity index is 1060. The van der Waals surface area contributed by atoms with E-state index in [2.05, 4.69) is 10.1 Å². The molecule has 0 saturated carbocycles. The van der Waals surface area contributed by atoms with Gasteiger partial charge >= 0.3 is 6.18 Å². The predicted octanol–water partition coefficient (Wildman–Crippen LogP) is 4.15. The van der Waals surface area contributed by atoms with E-state index in [0.717, 1.165) is 10.7 Å². The van der Waals surface area contributed by atoms with Gasteiger partial charge in [0.15, 0.2) is 0 Å². The maximum absolute atomic E-state index is 13.1. The van der Waals surface area contributed by atoms with Gasteiger partial charge in [-0.05, 0) is 17.7 Å². The van der Waals surface area contributed by atoms with Crippen molar-refractivity contribution in [2.75, 3.05) is 14.1 Å². The summed E-state index contributed by atoms with van der Waals surface area (Å²) in [5.41, 5.74) is -0.820. The molecule has 0 spiro atoms. The average molecular weight is 401 g/mol. The lowest BCUT2D eigenvalue weighted by Crippen LogP contribution is -2.19. The highest BCUT2D eigenvalue weighted by molar-refractivity contribution is 7.17. The Morgan fingerprint density at radius 2 is 2.08 bits per heavy atom. The normalized spacial score (nSPS) is 12.2. The van der Waals surface area contributed by atoms with Crippen molar-refractivity contribution >= 4 is 39.5 Å². The molecule has 5 nitrogen and oxygen atoms in total. The van der Waals surface area contributed by atoms with Crippen LogP contribution in [0.1, 0.15) is 5.56 Å². The zero-order valence-electron chi connectivity index (χ0n) is 13.6. The van der Waals surface area contributed by atoms with E-state index in [1.54, 1.807) is 24.4 Å². The van der Waals surface area contributed by atoms with Crippen molar-refractivity contribution in [3.63, 3.8) is 0 Å². The molecular formula is C16H12ClF3N4OS. The minimum atomic E-state index is -4.59. The van der Waals surface area contributed by atoms with E-state index in [4.69, 9.17) is 11.6 Å². The maximum Gasteiger partial charge on any atom is 0.417 e. The molecule has 0 N–H and O–H groups in total. The second-order valence-corrected chi connectivity index (χ2v) is 6.88. The third kappa shape index (κ3) is 3.45. The second-order valence-electron chi connectivity index (χ2n) is 5.61. The first-order valence-corrected chi connectivity index (χ1v) is 8.51. The summed E-state index contributed by atoms with van der Waals surface area (Å²) < 4.78 is 40.4. The number of nitrogens with zero attached hydrogens (tertiary/aromatic N) is 4. The van der Waals surface area contributed by atoms with Crippen molar-refractivity contribution in [1.82, 2.24) is 14.6 Å². The fourth-order valence-corrected chi connectivity index (χ4v) is 3.42. The summed E-state index contributed by atoms with van der Waals surface area (Å²) in [7, 11) is 3.48. The van der Waals surface area contributed by atoms with Gasteiger partial charge in [-0.25, -0.2) is 4.98 Å². The van der Waals surface area contributed by atoms with Crippen LogP contribution in [0.3, 0.4) is 0 Å². The van der Waals surface area contributed by atoms with E-state index >= 15 is 0 Å². The van der Waals surface area contributed by atoms with Crippen LogP contribution in [-0.4, -0.2) is 35.0 Å². The summed E-state index contributed by atoms with van der Waals surface area (Å²) in [6.45, 7) is 0. The highest BCUT2D eigenvalue weighted by Crippen LogP contribution is 2.39.